The Labute approximate surface area is 290 Å². The highest BCUT2D eigenvalue weighted by atomic mass is 16.7. The fraction of sp³-hybridized carbons (Fsp3) is 0.900. The highest BCUT2D eigenvalue weighted by Gasteiger charge is 2.68. The highest BCUT2D eigenvalue weighted by Crippen LogP contribution is 2.70. The Morgan fingerprint density at radius 2 is 1.67 bits per heavy atom. The van der Waals surface area contributed by atoms with E-state index in [1.165, 1.54) is 58.0 Å². The summed E-state index contributed by atoms with van der Waals surface area (Å²) in [4.78, 5) is 33.2. The number of hydrogen-bond acceptors (Lipinski definition) is 6. The average molecular weight is 665 g/mol. The molecule has 4 heterocycles. The van der Waals surface area contributed by atoms with E-state index >= 15 is 0 Å². The second kappa shape index (κ2) is 12.9. The predicted molar refractivity (Wildman–Crippen MR) is 187 cm³/mol. The van der Waals surface area contributed by atoms with E-state index in [4.69, 9.17) is 9.47 Å². The van der Waals surface area contributed by atoms with Crippen LogP contribution in [0.2, 0.25) is 0 Å². The van der Waals surface area contributed by atoms with Crippen LogP contribution >= 0.6 is 0 Å². The molecule has 8 aliphatic rings. The van der Waals surface area contributed by atoms with E-state index in [0.29, 0.717) is 29.3 Å². The molecule has 4 aliphatic carbocycles. The molecule has 0 bridgehead atoms. The zero-order chi connectivity index (χ0) is 33.3. The number of nitrogens with zero attached hydrogens (tertiary/aromatic N) is 3. The van der Waals surface area contributed by atoms with Gasteiger partial charge in [0.1, 0.15) is 6.42 Å². The van der Waals surface area contributed by atoms with Crippen molar-refractivity contribution in [1.29, 1.82) is 0 Å². The lowest BCUT2D eigenvalue weighted by Gasteiger charge is -2.58. The minimum Gasteiger partial charge on any atom is -0.353 e. The van der Waals surface area contributed by atoms with Crippen LogP contribution in [0, 0.1) is 46.3 Å². The van der Waals surface area contributed by atoms with Gasteiger partial charge in [-0.3, -0.25) is 14.5 Å². The van der Waals surface area contributed by atoms with Gasteiger partial charge < -0.3 is 24.6 Å². The van der Waals surface area contributed by atoms with Crippen molar-refractivity contribution in [3.8, 4) is 0 Å². The van der Waals surface area contributed by atoms with E-state index in [1.807, 2.05) is 4.90 Å². The van der Waals surface area contributed by atoms with E-state index in [9.17, 15) is 9.59 Å². The van der Waals surface area contributed by atoms with Gasteiger partial charge in [0.15, 0.2) is 5.79 Å². The van der Waals surface area contributed by atoms with Crippen LogP contribution in [0.15, 0.2) is 11.6 Å². The van der Waals surface area contributed by atoms with Crippen LogP contribution in [0.5, 0.6) is 0 Å². The summed E-state index contributed by atoms with van der Waals surface area (Å²) >= 11 is 0. The minimum absolute atomic E-state index is 0.00697. The molecule has 0 unspecified atom stereocenters. The molecule has 268 valence electrons. The normalized spacial score (nSPS) is 46.1. The molecule has 1 N–H and O–H groups in total. The van der Waals surface area contributed by atoms with Gasteiger partial charge in [-0.05, 0) is 118 Å². The van der Waals surface area contributed by atoms with Crippen molar-refractivity contribution in [2.24, 2.45) is 46.3 Å². The molecule has 3 saturated carbocycles. The van der Waals surface area contributed by atoms with Crippen LogP contribution in [0.1, 0.15) is 105 Å². The van der Waals surface area contributed by atoms with E-state index in [2.05, 4.69) is 48.9 Å². The summed E-state index contributed by atoms with van der Waals surface area (Å²) in [7, 11) is 0. The lowest BCUT2D eigenvalue weighted by molar-refractivity contribution is -0.272. The Kier molecular flexibility index (Phi) is 9.07. The molecule has 0 aromatic rings. The molecule has 48 heavy (non-hydrogen) atoms. The van der Waals surface area contributed by atoms with E-state index in [-0.39, 0.29) is 35.5 Å². The van der Waals surface area contributed by atoms with E-state index < -0.39 is 0 Å². The zero-order valence-corrected chi connectivity index (χ0v) is 30.5. The van der Waals surface area contributed by atoms with E-state index in [1.54, 1.807) is 5.57 Å². The predicted octanol–water partition coefficient (Wildman–Crippen LogP) is 5.47. The fourth-order valence-corrected chi connectivity index (χ4v) is 12.8. The Morgan fingerprint density at radius 1 is 0.917 bits per heavy atom. The van der Waals surface area contributed by atoms with Crippen LogP contribution in [0.4, 0.5) is 0 Å². The third-order valence-electron chi connectivity index (χ3n) is 15.7. The molecular weight excluding hydrogens is 600 g/mol. The molecule has 0 aromatic carbocycles. The SMILES string of the molecule is C[C@@H]1CC[C@@]2(OC1)O[C@H]1C[C@H]3[C@@H]4CC=C5C[C@@H](NC(=O)CC(=O)N6CCN(CCN7CCCC7)CC6)CC[C@]5(C)[C@H]4CC[C@]3(C)[C@H]1[C@@H]2C. The van der Waals surface area contributed by atoms with Crippen molar-refractivity contribution < 1.29 is 19.1 Å². The van der Waals surface area contributed by atoms with Crippen LogP contribution in [-0.4, -0.2) is 103 Å². The quantitative estimate of drug-likeness (QED) is 0.300. The van der Waals surface area contributed by atoms with Crippen molar-refractivity contribution in [1.82, 2.24) is 20.0 Å². The summed E-state index contributed by atoms with van der Waals surface area (Å²) in [6, 6.07) is 0.145. The summed E-state index contributed by atoms with van der Waals surface area (Å²) in [5.41, 5.74) is 2.14. The Morgan fingerprint density at radius 3 is 2.40 bits per heavy atom. The van der Waals surface area contributed by atoms with Crippen molar-refractivity contribution >= 4 is 11.8 Å². The third-order valence-corrected chi connectivity index (χ3v) is 15.7. The number of allylic oxidation sites excluding steroid dienone is 1. The summed E-state index contributed by atoms with van der Waals surface area (Å²) < 4.78 is 13.5. The largest absolute Gasteiger partial charge is 0.353 e. The van der Waals surface area contributed by atoms with Crippen LogP contribution in [-0.2, 0) is 19.1 Å². The lowest BCUT2D eigenvalue weighted by Crippen LogP contribution is -2.53. The molecule has 4 aliphatic heterocycles. The molecule has 4 saturated heterocycles. The summed E-state index contributed by atoms with van der Waals surface area (Å²) in [5, 5.41) is 3.31. The number of likely N-dealkylation sites (tertiary alicyclic amines) is 1. The van der Waals surface area contributed by atoms with Crippen LogP contribution < -0.4 is 5.32 Å². The van der Waals surface area contributed by atoms with Crippen LogP contribution in [0.25, 0.3) is 0 Å². The number of nitrogens with one attached hydrogen (secondary N) is 1. The molecule has 7 fully saturated rings. The topological polar surface area (TPSA) is 74.3 Å². The van der Waals surface area contributed by atoms with E-state index in [0.717, 1.165) is 89.3 Å². The second-order valence-electron chi connectivity index (χ2n) is 18.2. The summed E-state index contributed by atoms with van der Waals surface area (Å²) in [6.07, 6.45) is 15.9. The van der Waals surface area contributed by atoms with Crippen molar-refractivity contribution in [2.75, 3.05) is 59.0 Å². The number of hydrogen-bond donors (Lipinski definition) is 1. The maximum Gasteiger partial charge on any atom is 0.232 e. The third kappa shape index (κ3) is 5.81. The van der Waals surface area contributed by atoms with Gasteiger partial charge in [-0.25, -0.2) is 0 Å². The number of piperazine rings is 1. The number of fused-ring (bicyclic) bond motifs is 7. The second-order valence-corrected chi connectivity index (χ2v) is 18.2. The van der Waals surface area contributed by atoms with Gasteiger partial charge in [-0.1, -0.05) is 39.3 Å². The Hall–Kier alpha value is -1.48. The zero-order valence-electron chi connectivity index (χ0n) is 30.5. The van der Waals surface area contributed by atoms with Crippen molar-refractivity contribution in [3.05, 3.63) is 11.6 Å². The Balaban J connectivity index is 0.838. The first-order chi connectivity index (χ1) is 23.1. The number of amides is 2. The number of ether oxygens (including phenoxy) is 2. The average Bonchev–Trinajstić information content (AvgIpc) is 3.77. The molecule has 8 rings (SSSR count). The highest BCUT2D eigenvalue weighted by molar-refractivity contribution is 5.97. The van der Waals surface area contributed by atoms with Gasteiger partial charge >= 0.3 is 0 Å². The number of rotatable bonds is 6. The van der Waals surface area contributed by atoms with Gasteiger partial charge in [0.25, 0.3) is 0 Å². The van der Waals surface area contributed by atoms with Crippen LogP contribution in [0.3, 0.4) is 0 Å². The first-order valence-electron chi connectivity index (χ1n) is 20.1. The van der Waals surface area contributed by atoms with Gasteiger partial charge in [-0.15, -0.1) is 0 Å². The van der Waals surface area contributed by atoms with Gasteiger partial charge in [0.2, 0.25) is 11.8 Å². The number of carbonyl (C=O) groups is 2. The molecule has 2 amide bonds. The molecule has 11 atom stereocenters. The smallest absolute Gasteiger partial charge is 0.232 e. The number of carbonyl (C=O) groups excluding carboxylic acids is 2. The first kappa shape index (κ1) is 33.7. The standard InChI is InChI=1S/C40H64N4O4/c1-27-9-14-40(47-26-27)28(2)37-34(48-40)24-33-31-8-7-29-23-30(10-12-38(29,3)32(31)11-13-39(33,37)4)41-35(45)25-36(46)44-21-19-43(20-22-44)18-17-42-15-5-6-16-42/h7,27-28,30-34,37H,5-6,8-26H2,1-4H3,(H,41,45)/t27-,28+,30+,31-,32+,33+,34+,37+,38+,39+,40-/m1/s1. The van der Waals surface area contributed by atoms with Crippen molar-refractivity contribution in [2.45, 2.75) is 123 Å². The summed E-state index contributed by atoms with van der Waals surface area (Å²) in [5.74, 6) is 3.44. The maximum atomic E-state index is 13.1. The molecule has 8 heteroatoms. The molecule has 0 aromatic heterocycles. The molecule has 0 radical (unpaired) electrons. The Bertz CT molecular complexity index is 1250. The van der Waals surface area contributed by atoms with Gasteiger partial charge in [0.05, 0.1) is 12.7 Å². The lowest BCUT2D eigenvalue weighted by atomic mass is 9.46. The van der Waals surface area contributed by atoms with Gasteiger partial charge in [0, 0.05) is 57.6 Å². The fourth-order valence-electron chi connectivity index (χ4n) is 12.8. The van der Waals surface area contributed by atoms with Crippen molar-refractivity contribution in [3.63, 3.8) is 0 Å². The molecule has 1 spiro atoms. The first-order valence-corrected chi connectivity index (χ1v) is 20.1. The summed E-state index contributed by atoms with van der Waals surface area (Å²) in [6.45, 7) is 18.8. The maximum absolute atomic E-state index is 13.1. The van der Waals surface area contributed by atoms with Gasteiger partial charge in [-0.2, -0.15) is 0 Å². The monoisotopic (exact) mass is 664 g/mol. The minimum atomic E-state index is -0.340. The molecule has 8 nitrogen and oxygen atoms in total. The molecular formula is C40H64N4O4.